The number of hydrogen-bond donors (Lipinski definition) is 1. The first-order chi connectivity index (χ1) is 10.9. The van der Waals surface area contributed by atoms with E-state index in [4.69, 9.17) is 17.4 Å². The Labute approximate surface area is 144 Å². The molecule has 23 heavy (non-hydrogen) atoms. The van der Waals surface area contributed by atoms with Crippen molar-refractivity contribution in [1.29, 1.82) is 0 Å². The third-order valence-corrected chi connectivity index (χ3v) is 4.76. The van der Waals surface area contributed by atoms with Gasteiger partial charge in [0.1, 0.15) is 5.15 Å². The molecule has 0 fully saturated rings. The van der Waals surface area contributed by atoms with Crippen LogP contribution >= 0.6 is 23.4 Å². The van der Waals surface area contributed by atoms with Crippen molar-refractivity contribution < 1.29 is 0 Å². The highest BCUT2D eigenvalue weighted by atomic mass is 35.5. The van der Waals surface area contributed by atoms with Crippen LogP contribution in [-0.4, -0.2) is 19.9 Å². The average Bonchev–Trinajstić information content (AvgIpc) is 2.86. The molecule has 7 heteroatoms. The van der Waals surface area contributed by atoms with Crippen molar-refractivity contribution in [2.75, 3.05) is 5.84 Å². The van der Waals surface area contributed by atoms with Crippen molar-refractivity contribution in [1.82, 2.24) is 19.9 Å². The van der Waals surface area contributed by atoms with Crippen molar-refractivity contribution in [2.45, 2.75) is 37.1 Å². The first-order valence-corrected chi connectivity index (χ1v) is 8.60. The fourth-order valence-electron chi connectivity index (χ4n) is 2.27. The number of nitrogens with zero attached hydrogens (tertiary/aromatic N) is 4. The van der Waals surface area contributed by atoms with Crippen molar-refractivity contribution in [3.05, 3.63) is 46.9 Å². The molecule has 2 heterocycles. The van der Waals surface area contributed by atoms with Gasteiger partial charge in [-0.2, -0.15) is 0 Å². The molecule has 3 aromatic rings. The Morgan fingerprint density at radius 3 is 2.65 bits per heavy atom. The van der Waals surface area contributed by atoms with Gasteiger partial charge in [-0.3, -0.25) is 0 Å². The van der Waals surface area contributed by atoms with Crippen molar-refractivity contribution in [3.8, 4) is 0 Å². The summed E-state index contributed by atoms with van der Waals surface area (Å²) in [4.78, 5) is 4.43. The Bertz CT molecular complexity index is 853. The lowest BCUT2D eigenvalue weighted by atomic mass is 9.96. The standard InChI is InChI=1S/C16H18ClN5S/c1-16(2,3)14-20-21-15(22(14)18)23-9-11-8-10-6-4-5-7-12(10)19-13(11)17/h4-8H,9,18H2,1-3H3. The zero-order chi connectivity index (χ0) is 16.6. The molecular formula is C16H18ClN5S. The predicted octanol–water partition coefficient (Wildman–Crippen LogP) is 3.78. The highest BCUT2D eigenvalue weighted by Gasteiger charge is 2.23. The zero-order valence-electron chi connectivity index (χ0n) is 13.2. The molecule has 0 bridgehead atoms. The lowest BCUT2D eigenvalue weighted by Crippen LogP contribution is -2.24. The first kappa shape index (κ1) is 16.1. The fraction of sp³-hybridized carbons (Fsp3) is 0.312. The van der Waals surface area contributed by atoms with Gasteiger partial charge in [-0.1, -0.05) is 62.3 Å². The van der Waals surface area contributed by atoms with E-state index in [9.17, 15) is 0 Å². The average molecular weight is 348 g/mol. The van der Waals surface area contributed by atoms with Crippen molar-refractivity contribution in [2.24, 2.45) is 0 Å². The number of aromatic nitrogens is 4. The van der Waals surface area contributed by atoms with E-state index in [1.165, 1.54) is 11.8 Å². The van der Waals surface area contributed by atoms with Gasteiger partial charge in [-0.15, -0.1) is 10.2 Å². The number of thioether (sulfide) groups is 1. The van der Waals surface area contributed by atoms with Crippen LogP contribution in [-0.2, 0) is 11.2 Å². The molecule has 120 valence electrons. The summed E-state index contributed by atoms with van der Waals surface area (Å²) in [5, 5.41) is 10.6. The second-order valence-electron chi connectivity index (χ2n) is 6.35. The third-order valence-electron chi connectivity index (χ3n) is 3.44. The molecule has 0 atom stereocenters. The predicted molar refractivity (Wildman–Crippen MR) is 95.2 cm³/mol. The summed E-state index contributed by atoms with van der Waals surface area (Å²) in [6, 6.07) is 9.96. The highest BCUT2D eigenvalue weighted by molar-refractivity contribution is 7.98. The molecule has 0 spiro atoms. The number of hydrogen-bond acceptors (Lipinski definition) is 5. The molecule has 2 aromatic heterocycles. The maximum absolute atomic E-state index is 6.29. The minimum absolute atomic E-state index is 0.150. The van der Waals surface area contributed by atoms with E-state index in [-0.39, 0.29) is 5.41 Å². The summed E-state index contributed by atoms with van der Waals surface area (Å²) < 4.78 is 1.55. The lowest BCUT2D eigenvalue weighted by Gasteiger charge is -2.16. The molecule has 2 N–H and O–H groups in total. The summed E-state index contributed by atoms with van der Waals surface area (Å²) in [6.07, 6.45) is 0. The Morgan fingerprint density at radius 2 is 1.96 bits per heavy atom. The molecule has 0 saturated heterocycles. The van der Waals surface area contributed by atoms with Crippen molar-refractivity contribution >= 4 is 34.3 Å². The molecule has 0 aliphatic carbocycles. The Hall–Kier alpha value is -1.79. The van der Waals surface area contributed by atoms with Gasteiger partial charge in [0.25, 0.3) is 0 Å². The van der Waals surface area contributed by atoms with Crippen LogP contribution in [0.2, 0.25) is 5.15 Å². The molecule has 0 radical (unpaired) electrons. The van der Waals surface area contributed by atoms with Crippen LogP contribution < -0.4 is 5.84 Å². The number of halogens is 1. The molecular weight excluding hydrogens is 330 g/mol. The van der Waals surface area contributed by atoms with E-state index >= 15 is 0 Å². The van der Waals surface area contributed by atoms with E-state index in [1.807, 2.05) is 24.3 Å². The molecule has 0 amide bonds. The minimum atomic E-state index is -0.150. The number of nitrogens with two attached hydrogens (primary N) is 1. The fourth-order valence-corrected chi connectivity index (χ4v) is 3.39. The molecule has 0 unspecified atom stereocenters. The van der Waals surface area contributed by atoms with Crippen LogP contribution in [0.1, 0.15) is 32.2 Å². The number of fused-ring (bicyclic) bond motifs is 1. The molecule has 1 aromatic carbocycles. The molecule has 5 nitrogen and oxygen atoms in total. The van der Waals surface area contributed by atoms with E-state index in [0.29, 0.717) is 16.1 Å². The van der Waals surface area contributed by atoms with Crippen molar-refractivity contribution in [3.63, 3.8) is 0 Å². The number of nitrogen functional groups attached to an aromatic ring is 1. The number of para-hydroxylation sites is 1. The van der Waals surface area contributed by atoms with Gasteiger partial charge in [0.05, 0.1) is 5.52 Å². The van der Waals surface area contributed by atoms with Crippen LogP contribution in [0.4, 0.5) is 0 Å². The highest BCUT2D eigenvalue weighted by Crippen LogP contribution is 2.28. The van der Waals surface area contributed by atoms with Gasteiger partial charge < -0.3 is 5.84 Å². The molecule has 0 aliphatic rings. The molecule has 0 saturated carbocycles. The summed E-state index contributed by atoms with van der Waals surface area (Å²) >= 11 is 7.79. The normalized spacial score (nSPS) is 12.0. The first-order valence-electron chi connectivity index (χ1n) is 7.24. The minimum Gasteiger partial charge on any atom is -0.336 e. The summed E-state index contributed by atoms with van der Waals surface area (Å²) in [5.74, 6) is 7.49. The summed E-state index contributed by atoms with van der Waals surface area (Å²) in [5.41, 5.74) is 1.70. The second kappa shape index (κ2) is 6.02. The maximum atomic E-state index is 6.29. The van der Waals surface area contributed by atoms with Gasteiger partial charge in [0, 0.05) is 22.1 Å². The van der Waals surface area contributed by atoms with Gasteiger partial charge >= 0.3 is 0 Å². The van der Waals surface area contributed by atoms with Crippen LogP contribution in [0.3, 0.4) is 0 Å². The number of pyridine rings is 1. The van der Waals surface area contributed by atoms with Crippen LogP contribution in [0.15, 0.2) is 35.5 Å². The van der Waals surface area contributed by atoms with E-state index in [0.717, 1.165) is 22.3 Å². The zero-order valence-corrected chi connectivity index (χ0v) is 14.8. The van der Waals surface area contributed by atoms with Gasteiger partial charge in [-0.25, -0.2) is 9.66 Å². The van der Waals surface area contributed by atoms with Crippen LogP contribution in [0, 0.1) is 0 Å². The van der Waals surface area contributed by atoms with Gasteiger partial charge in [0.15, 0.2) is 5.82 Å². The third kappa shape index (κ3) is 3.28. The smallest absolute Gasteiger partial charge is 0.210 e. The van der Waals surface area contributed by atoms with Gasteiger partial charge in [0.2, 0.25) is 5.16 Å². The second-order valence-corrected chi connectivity index (χ2v) is 7.65. The number of benzene rings is 1. The van der Waals surface area contributed by atoms with E-state index in [1.54, 1.807) is 4.68 Å². The number of rotatable bonds is 3. The Morgan fingerprint density at radius 1 is 1.22 bits per heavy atom. The van der Waals surface area contributed by atoms with E-state index < -0.39 is 0 Å². The SMILES string of the molecule is CC(C)(C)c1nnc(SCc2cc3ccccc3nc2Cl)n1N. The summed E-state index contributed by atoms with van der Waals surface area (Å²) in [7, 11) is 0. The van der Waals surface area contributed by atoms with Crippen LogP contribution in [0.25, 0.3) is 10.9 Å². The maximum Gasteiger partial charge on any atom is 0.210 e. The largest absolute Gasteiger partial charge is 0.336 e. The summed E-state index contributed by atoms with van der Waals surface area (Å²) in [6.45, 7) is 6.16. The van der Waals surface area contributed by atoms with Crippen LogP contribution in [0.5, 0.6) is 0 Å². The Kier molecular flexibility index (Phi) is 4.21. The Balaban J connectivity index is 1.84. The molecule has 0 aliphatic heterocycles. The van der Waals surface area contributed by atoms with Gasteiger partial charge in [-0.05, 0) is 12.1 Å². The topological polar surface area (TPSA) is 69.6 Å². The lowest BCUT2D eigenvalue weighted by molar-refractivity contribution is 0.523. The quantitative estimate of drug-likeness (QED) is 0.443. The molecule has 3 rings (SSSR count). The monoisotopic (exact) mass is 347 g/mol. The van der Waals surface area contributed by atoms with E-state index in [2.05, 4.69) is 42.0 Å².